The number of aromatic nitrogens is 3. The van der Waals surface area contributed by atoms with E-state index in [0.717, 1.165) is 10.4 Å². The van der Waals surface area contributed by atoms with E-state index in [1.807, 2.05) is 22.1 Å². The number of thiophene rings is 1. The third-order valence-corrected chi connectivity index (χ3v) is 5.49. The van der Waals surface area contributed by atoms with Crippen LogP contribution in [0.1, 0.15) is 16.5 Å². The summed E-state index contributed by atoms with van der Waals surface area (Å²) in [6.07, 6.45) is 3.35. The maximum absolute atomic E-state index is 13.2. The van der Waals surface area contributed by atoms with Crippen molar-refractivity contribution in [1.82, 2.24) is 20.1 Å². The van der Waals surface area contributed by atoms with Crippen molar-refractivity contribution in [3.05, 3.63) is 77.0 Å². The first kappa shape index (κ1) is 18.3. The fourth-order valence-corrected chi connectivity index (χ4v) is 3.92. The molecule has 0 aliphatic heterocycles. The zero-order valence-corrected chi connectivity index (χ0v) is 15.5. The maximum Gasteiger partial charge on any atom is 0.231 e. The van der Waals surface area contributed by atoms with Crippen LogP contribution in [0.3, 0.4) is 0 Å². The smallest absolute Gasteiger partial charge is 0.231 e. The predicted octanol–water partition coefficient (Wildman–Crippen LogP) is 3.66. The fourth-order valence-electron chi connectivity index (χ4n) is 2.38. The van der Waals surface area contributed by atoms with Crippen LogP contribution < -0.4 is 5.32 Å². The van der Waals surface area contributed by atoms with Crippen molar-refractivity contribution in [2.75, 3.05) is 5.75 Å². The van der Waals surface area contributed by atoms with Crippen LogP contribution in [0.2, 0.25) is 0 Å². The van der Waals surface area contributed by atoms with Crippen molar-refractivity contribution in [2.45, 2.75) is 17.7 Å². The van der Waals surface area contributed by atoms with Gasteiger partial charge in [-0.3, -0.25) is 4.79 Å². The van der Waals surface area contributed by atoms with Crippen molar-refractivity contribution in [3.8, 4) is 0 Å². The van der Waals surface area contributed by atoms with Crippen LogP contribution in [0.25, 0.3) is 0 Å². The van der Waals surface area contributed by atoms with Crippen molar-refractivity contribution >= 4 is 29.0 Å². The molecule has 2 heterocycles. The molecule has 0 unspecified atom stereocenters. The van der Waals surface area contributed by atoms with E-state index in [2.05, 4.69) is 22.1 Å². The number of hydrogen-bond acceptors (Lipinski definition) is 5. The standard InChI is InChI=1S/C18H17FN4OS2/c1-2-9-23-12-20-22-18(23)26-11-16(24)21-17(15-4-3-10-25-15)13-5-7-14(19)8-6-13/h2-8,10,12,17H,1,9,11H2,(H,21,24)/t17-/m1/s1. The Morgan fingerprint density at radius 1 is 1.38 bits per heavy atom. The first-order chi connectivity index (χ1) is 12.7. The number of amides is 1. The third kappa shape index (κ3) is 4.59. The van der Waals surface area contributed by atoms with Crippen LogP contribution in [0.5, 0.6) is 0 Å². The summed E-state index contributed by atoms with van der Waals surface area (Å²) in [6, 6.07) is 9.74. The van der Waals surface area contributed by atoms with E-state index < -0.39 is 0 Å². The zero-order chi connectivity index (χ0) is 18.4. The van der Waals surface area contributed by atoms with Gasteiger partial charge in [0, 0.05) is 11.4 Å². The molecule has 1 aromatic carbocycles. The van der Waals surface area contributed by atoms with Gasteiger partial charge in [0.2, 0.25) is 5.91 Å². The summed E-state index contributed by atoms with van der Waals surface area (Å²) in [4.78, 5) is 13.5. The topological polar surface area (TPSA) is 59.8 Å². The Kier molecular flexibility index (Phi) is 6.19. The van der Waals surface area contributed by atoms with E-state index in [1.54, 1.807) is 35.9 Å². The minimum atomic E-state index is -0.310. The van der Waals surface area contributed by atoms with Gasteiger partial charge in [0.15, 0.2) is 5.16 Å². The molecule has 1 amide bonds. The number of halogens is 1. The van der Waals surface area contributed by atoms with Crippen LogP contribution in [0.15, 0.2) is 65.9 Å². The predicted molar refractivity (Wildman–Crippen MR) is 102 cm³/mol. The fraction of sp³-hybridized carbons (Fsp3) is 0.167. The first-order valence-electron chi connectivity index (χ1n) is 7.87. The Bertz CT molecular complexity index is 862. The minimum absolute atomic E-state index is 0.133. The highest BCUT2D eigenvalue weighted by atomic mass is 32.2. The number of thioether (sulfide) groups is 1. The lowest BCUT2D eigenvalue weighted by Crippen LogP contribution is -2.30. The lowest BCUT2D eigenvalue weighted by atomic mass is 10.1. The van der Waals surface area contributed by atoms with E-state index >= 15 is 0 Å². The van der Waals surface area contributed by atoms with Gasteiger partial charge in [-0.25, -0.2) is 4.39 Å². The third-order valence-electron chi connectivity index (χ3n) is 3.57. The molecular weight excluding hydrogens is 371 g/mol. The summed E-state index contributed by atoms with van der Waals surface area (Å²) in [5.74, 6) is -0.230. The van der Waals surface area contributed by atoms with Crippen LogP contribution >= 0.6 is 23.1 Å². The van der Waals surface area contributed by atoms with Gasteiger partial charge in [0.25, 0.3) is 0 Å². The minimum Gasteiger partial charge on any atom is -0.344 e. The molecule has 0 bridgehead atoms. The Hall–Kier alpha value is -2.45. The second-order valence-electron chi connectivity index (χ2n) is 5.41. The average molecular weight is 388 g/mol. The van der Waals surface area contributed by atoms with Crippen molar-refractivity contribution in [2.24, 2.45) is 0 Å². The van der Waals surface area contributed by atoms with E-state index in [4.69, 9.17) is 0 Å². The molecular formula is C18H17FN4OS2. The molecule has 134 valence electrons. The van der Waals surface area contributed by atoms with Crippen molar-refractivity contribution < 1.29 is 9.18 Å². The number of rotatable bonds is 8. The summed E-state index contributed by atoms with van der Waals surface area (Å²) >= 11 is 2.86. The molecule has 0 radical (unpaired) electrons. The molecule has 1 N–H and O–H groups in total. The average Bonchev–Trinajstić information content (AvgIpc) is 3.31. The summed E-state index contributed by atoms with van der Waals surface area (Å²) in [5.41, 5.74) is 0.835. The van der Waals surface area contributed by atoms with Gasteiger partial charge in [-0.2, -0.15) is 0 Å². The van der Waals surface area contributed by atoms with Gasteiger partial charge >= 0.3 is 0 Å². The van der Waals surface area contributed by atoms with Gasteiger partial charge in [0.05, 0.1) is 11.8 Å². The van der Waals surface area contributed by atoms with Gasteiger partial charge in [0.1, 0.15) is 12.1 Å². The first-order valence-corrected chi connectivity index (χ1v) is 9.73. The summed E-state index contributed by atoms with van der Waals surface area (Å²) in [5, 5.41) is 13.5. The van der Waals surface area contributed by atoms with Crippen molar-refractivity contribution in [3.63, 3.8) is 0 Å². The van der Waals surface area contributed by atoms with Crippen molar-refractivity contribution in [1.29, 1.82) is 0 Å². The molecule has 0 fully saturated rings. The normalized spacial score (nSPS) is 11.9. The summed E-state index contributed by atoms with van der Waals surface area (Å²) in [7, 11) is 0. The maximum atomic E-state index is 13.2. The van der Waals surface area contributed by atoms with Gasteiger partial charge in [-0.15, -0.1) is 28.1 Å². The Morgan fingerprint density at radius 2 is 2.19 bits per heavy atom. The quantitative estimate of drug-likeness (QED) is 0.473. The Balaban J connectivity index is 1.68. The number of benzene rings is 1. The van der Waals surface area contributed by atoms with Crippen LogP contribution in [-0.4, -0.2) is 26.4 Å². The van der Waals surface area contributed by atoms with E-state index in [0.29, 0.717) is 11.7 Å². The molecule has 2 aromatic heterocycles. The molecule has 0 spiro atoms. The molecule has 0 saturated heterocycles. The lowest BCUT2D eigenvalue weighted by Gasteiger charge is -2.18. The highest BCUT2D eigenvalue weighted by Crippen LogP contribution is 2.26. The number of nitrogens with zero attached hydrogens (tertiary/aromatic N) is 3. The molecule has 1 atom stereocenters. The van der Waals surface area contributed by atoms with E-state index in [-0.39, 0.29) is 23.5 Å². The number of nitrogens with one attached hydrogen (secondary N) is 1. The monoisotopic (exact) mass is 388 g/mol. The number of hydrogen-bond donors (Lipinski definition) is 1. The highest BCUT2D eigenvalue weighted by molar-refractivity contribution is 7.99. The Labute approximate surface area is 159 Å². The number of carbonyl (C=O) groups excluding carboxylic acids is 1. The molecule has 3 aromatic rings. The SMILES string of the molecule is C=CCn1cnnc1SCC(=O)N[C@H](c1ccc(F)cc1)c1cccs1. The second kappa shape index (κ2) is 8.77. The lowest BCUT2D eigenvalue weighted by molar-refractivity contribution is -0.119. The number of allylic oxidation sites excluding steroid dienone is 1. The summed E-state index contributed by atoms with van der Waals surface area (Å²) < 4.78 is 15.0. The highest BCUT2D eigenvalue weighted by Gasteiger charge is 2.18. The van der Waals surface area contributed by atoms with Gasteiger partial charge < -0.3 is 9.88 Å². The molecule has 0 aliphatic carbocycles. The van der Waals surface area contributed by atoms with Crippen LogP contribution in [0, 0.1) is 5.82 Å². The molecule has 5 nitrogen and oxygen atoms in total. The van der Waals surface area contributed by atoms with Crippen LogP contribution in [0.4, 0.5) is 4.39 Å². The molecule has 0 aliphatic rings. The number of carbonyl (C=O) groups is 1. The van der Waals surface area contributed by atoms with E-state index in [1.165, 1.54) is 23.9 Å². The summed E-state index contributed by atoms with van der Waals surface area (Å²) in [6.45, 7) is 4.28. The molecule has 0 saturated carbocycles. The molecule has 8 heteroatoms. The van der Waals surface area contributed by atoms with Gasteiger partial charge in [-0.1, -0.05) is 36.0 Å². The van der Waals surface area contributed by atoms with Gasteiger partial charge in [-0.05, 0) is 29.1 Å². The molecule has 26 heavy (non-hydrogen) atoms. The Morgan fingerprint density at radius 3 is 2.88 bits per heavy atom. The van der Waals surface area contributed by atoms with Crippen LogP contribution in [-0.2, 0) is 11.3 Å². The molecule has 3 rings (SSSR count). The second-order valence-corrected chi connectivity index (χ2v) is 7.33. The van der Waals surface area contributed by atoms with E-state index in [9.17, 15) is 9.18 Å². The zero-order valence-electron chi connectivity index (χ0n) is 13.8. The largest absolute Gasteiger partial charge is 0.344 e.